The van der Waals surface area contributed by atoms with Gasteiger partial charge >= 0.3 is 0 Å². The zero-order valence-corrected chi connectivity index (χ0v) is 18.5. The molecular formula is C22H25N3O6S. The minimum atomic E-state index is -3.88. The van der Waals surface area contributed by atoms with Crippen LogP contribution in [0.3, 0.4) is 0 Å². The monoisotopic (exact) mass is 459 g/mol. The molecule has 0 unspecified atom stereocenters. The average molecular weight is 460 g/mol. The molecule has 0 atom stereocenters. The van der Waals surface area contributed by atoms with Crippen LogP contribution in [0.4, 0.5) is 5.69 Å². The normalized spacial score (nSPS) is 16.3. The highest BCUT2D eigenvalue weighted by atomic mass is 32.2. The molecule has 2 N–H and O–H groups in total. The number of benzene rings is 2. The molecule has 1 saturated heterocycles. The highest BCUT2D eigenvalue weighted by Gasteiger charge is 2.25. The Kier molecular flexibility index (Phi) is 6.22. The molecule has 2 aromatic rings. The second-order valence-electron chi connectivity index (χ2n) is 7.76. The Morgan fingerprint density at radius 3 is 2.44 bits per heavy atom. The number of likely N-dealkylation sites (tertiary alicyclic amines) is 1. The van der Waals surface area contributed by atoms with E-state index in [9.17, 15) is 18.0 Å². The summed E-state index contributed by atoms with van der Waals surface area (Å²) in [4.78, 5) is 25.9. The number of hydrogen-bond donors (Lipinski definition) is 2. The fourth-order valence-corrected chi connectivity index (χ4v) is 4.88. The van der Waals surface area contributed by atoms with Crippen molar-refractivity contribution in [3.8, 4) is 11.5 Å². The van der Waals surface area contributed by atoms with Gasteiger partial charge in [0.1, 0.15) is 13.2 Å². The third-order valence-electron chi connectivity index (χ3n) is 5.38. The summed E-state index contributed by atoms with van der Waals surface area (Å²) in [5, 5.41) is 2.88. The topological polar surface area (TPSA) is 114 Å². The first-order valence-electron chi connectivity index (χ1n) is 10.4. The number of ether oxygens (including phenoxy) is 2. The molecule has 1 fully saturated rings. The van der Waals surface area contributed by atoms with Gasteiger partial charge in [0, 0.05) is 43.4 Å². The number of carbonyl (C=O) groups is 2. The Balaban J connectivity index is 1.45. The van der Waals surface area contributed by atoms with Gasteiger partial charge in [-0.2, -0.15) is 0 Å². The van der Waals surface area contributed by atoms with Gasteiger partial charge in [-0.1, -0.05) is 6.07 Å². The van der Waals surface area contributed by atoms with Crippen LogP contribution >= 0.6 is 0 Å². The minimum Gasteiger partial charge on any atom is -0.486 e. The third kappa shape index (κ3) is 4.96. The molecule has 2 aliphatic heterocycles. The standard InChI is InChI=1S/C22H25N3O6S/c1-15(26)23-17-7-9-25(10-8-17)22(27)16-3-2-4-18(13-16)24-32(28,29)19-5-6-20-21(14-19)31-12-11-30-20/h2-6,13-14,17,24H,7-12H2,1H3,(H,23,26). The molecule has 0 saturated carbocycles. The van der Waals surface area contributed by atoms with Crippen LogP contribution in [-0.2, 0) is 14.8 Å². The number of hydrogen-bond acceptors (Lipinski definition) is 6. The molecule has 2 heterocycles. The maximum absolute atomic E-state index is 12.9. The van der Waals surface area contributed by atoms with Gasteiger partial charge in [-0.25, -0.2) is 8.42 Å². The van der Waals surface area contributed by atoms with E-state index in [2.05, 4.69) is 10.0 Å². The largest absolute Gasteiger partial charge is 0.486 e. The summed E-state index contributed by atoms with van der Waals surface area (Å²) in [5.74, 6) is 0.634. The van der Waals surface area contributed by atoms with Crippen LogP contribution in [-0.4, -0.2) is 57.5 Å². The van der Waals surface area contributed by atoms with Crippen molar-refractivity contribution in [2.45, 2.75) is 30.7 Å². The zero-order valence-electron chi connectivity index (χ0n) is 17.7. The molecule has 0 aromatic heterocycles. The SMILES string of the molecule is CC(=O)NC1CCN(C(=O)c2cccc(NS(=O)(=O)c3ccc4c(c3)OCCO4)c2)CC1. The summed E-state index contributed by atoms with van der Waals surface area (Å²) in [6.45, 7) is 3.31. The molecule has 2 aromatic carbocycles. The van der Waals surface area contributed by atoms with E-state index in [1.807, 2.05) is 0 Å². The van der Waals surface area contributed by atoms with E-state index in [0.29, 0.717) is 61.9 Å². The maximum Gasteiger partial charge on any atom is 0.262 e. The summed E-state index contributed by atoms with van der Waals surface area (Å²) in [6.07, 6.45) is 1.36. The predicted molar refractivity (Wildman–Crippen MR) is 117 cm³/mol. The smallest absolute Gasteiger partial charge is 0.262 e. The van der Waals surface area contributed by atoms with Crippen molar-refractivity contribution in [2.75, 3.05) is 31.0 Å². The number of rotatable bonds is 5. The van der Waals surface area contributed by atoms with Crippen molar-refractivity contribution in [3.63, 3.8) is 0 Å². The van der Waals surface area contributed by atoms with Crippen molar-refractivity contribution in [2.24, 2.45) is 0 Å². The molecule has 10 heteroatoms. The van der Waals surface area contributed by atoms with Crippen LogP contribution in [0, 0.1) is 0 Å². The third-order valence-corrected chi connectivity index (χ3v) is 6.75. The summed E-state index contributed by atoms with van der Waals surface area (Å²) < 4.78 is 39.1. The van der Waals surface area contributed by atoms with E-state index in [4.69, 9.17) is 9.47 Å². The van der Waals surface area contributed by atoms with E-state index < -0.39 is 10.0 Å². The highest BCUT2D eigenvalue weighted by Crippen LogP contribution is 2.32. The first kappa shape index (κ1) is 21.9. The lowest BCUT2D eigenvalue weighted by Crippen LogP contribution is -2.46. The molecule has 2 amide bonds. The van der Waals surface area contributed by atoms with Crippen LogP contribution in [0.25, 0.3) is 0 Å². The van der Waals surface area contributed by atoms with Crippen LogP contribution in [0.2, 0.25) is 0 Å². The fourth-order valence-electron chi connectivity index (χ4n) is 3.82. The van der Waals surface area contributed by atoms with Gasteiger partial charge in [-0.3, -0.25) is 14.3 Å². The molecule has 32 heavy (non-hydrogen) atoms. The summed E-state index contributed by atoms with van der Waals surface area (Å²) >= 11 is 0. The maximum atomic E-state index is 12.9. The fraction of sp³-hybridized carbons (Fsp3) is 0.364. The van der Waals surface area contributed by atoms with Gasteiger partial charge < -0.3 is 19.7 Å². The van der Waals surface area contributed by atoms with Crippen molar-refractivity contribution < 1.29 is 27.5 Å². The van der Waals surface area contributed by atoms with Gasteiger partial charge in [-0.05, 0) is 43.2 Å². The average Bonchev–Trinajstić information content (AvgIpc) is 2.78. The number of nitrogens with zero attached hydrogens (tertiary/aromatic N) is 1. The van der Waals surface area contributed by atoms with Crippen LogP contribution in [0.15, 0.2) is 47.4 Å². The predicted octanol–water partition coefficient (Wildman–Crippen LogP) is 2.00. The Bertz CT molecular complexity index is 1130. The lowest BCUT2D eigenvalue weighted by atomic mass is 10.0. The van der Waals surface area contributed by atoms with Crippen molar-refractivity contribution in [3.05, 3.63) is 48.0 Å². The first-order chi connectivity index (χ1) is 15.3. The van der Waals surface area contributed by atoms with Crippen LogP contribution in [0.5, 0.6) is 11.5 Å². The van der Waals surface area contributed by atoms with Gasteiger partial charge in [-0.15, -0.1) is 0 Å². The number of amides is 2. The first-order valence-corrected chi connectivity index (χ1v) is 11.9. The molecule has 170 valence electrons. The molecule has 9 nitrogen and oxygen atoms in total. The Morgan fingerprint density at radius 1 is 1.00 bits per heavy atom. The van der Waals surface area contributed by atoms with Gasteiger partial charge in [0.25, 0.3) is 15.9 Å². The number of anilines is 1. The number of carbonyl (C=O) groups excluding carboxylic acids is 2. The van der Waals surface area contributed by atoms with Crippen molar-refractivity contribution in [1.82, 2.24) is 10.2 Å². The molecule has 0 radical (unpaired) electrons. The van der Waals surface area contributed by atoms with Crippen molar-refractivity contribution >= 4 is 27.5 Å². The summed E-state index contributed by atoms with van der Waals surface area (Å²) in [6, 6.07) is 10.9. The van der Waals surface area contributed by atoms with Gasteiger partial charge in [0.2, 0.25) is 5.91 Å². The molecule has 4 rings (SSSR count). The van der Waals surface area contributed by atoms with E-state index >= 15 is 0 Å². The Hall–Kier alpha value is -3.27. The van der Waals surface area contributed by atoms with Crippen LogP contribution in [0.1, 0.15) is 30.1 Å². The Morgan fingerprint density at radius 2 is 1.72 bits per heavy atom. The number of piperidine rings is 1. The van der Waals surface area contributed by atoms with Gasteiger partial charge in [0.05, 0.1) is 4.90 Å². The minimum absolute atomic E-state index is 0.0403. The zero-order chi connectivity index (χ0) is 22.7. The second kappa shape index (κ2) is 9.07. The number of fused-ring (bicyclic) bond motifs is 1. The van der Waals surface area contributed by atoms with E-state index in [-0.39, 0.29) is 22.8 Å². The van der Waals surface area contributed by atoms with Crippen molar-refractivity contribution in [1.29, 1.82) is 0 Å². The number of nitrogens with one attached hydrogen (secondary N) is 2. The second-order valence-corrected chi connectivity index (χ2v) is 9.44. The van der Waals surface area contributed by atoms with Crippen LogP contribution < -0.4 is 19.5 Å². The van der Waals surface area contributed by atoms with E-state index in [1.54, 1.807) is 29.2 Å². The quantitative estimate of drug-likeness (QED) is 0.707. The lowest BCUT2D eigenvalue weighted by Gasteiger charge is -2.32. The van der Waals surface area contributed by atoms with E-state index in [0.717, 1.165) is 0 Å². The summed E-state index contributed by atoms with van der Waals surface area (Å²) in [7, 11) is -3.88. The molecule has 0 aliphatic carbocycles. The molecule has 0 spiro atoms. The lowest BCUT2D eigenvalue weighted by molar-refractivity contribution is -0.119. The van der Waals surface area contributed by atoms with Gasteiger partial charge in [0.15, 0.2) is 11.5 Å². The highest BCUT2D eigenvalue weighted by molar-refractivity contribution is 7.92. The Labute approximate surface area is 186 Å². The molecule has 2 aliphatic rings. The molecular weight excluding hydrogens is 434 g/mol. The van der Waals surface area contributed by atoms with E-state index in [1.165, 1.54) is 25.1 Å². The summed E-state index contributed by atoms with van der Waals surface area (Å²) in [5.41, 5.74) is 0.684. The molecule has 0 bridgehead atoms. The number of sulfonamides is 1.